The van der Waals surface area contributed by atoms with Crippen LogP contribution in [-0.2, 0) is 13.0 Å². The summed E-state index contributed by atoms with van der Waals surface area (Å²) in [7, 11) is 0. The monoisotopic (exact) mass is 428 g/mol. The van der Waals surface area contributed by atoms with E-state index < -0.39 is 11.3 Å². The van der Waals surface area contributed by atoms with Crippen molar-refractivity contribution in [1.29, 1.82) is 5.26 Å². The Morgan fingerprint density at radius 1 is 1.39 bits per heavy atom. The van der Waals surface area contributed by atoms with Gasteiger partial charge >= 0.3 is 0 Å². The number of hydrogen-bond donors (Lipinski definition) is 2. The summed E-state index contributed by atoms with van der Waals surface area (Å²) in [6.45, 7) is 4.89. The lowest BCUT2D eigenvalue weighted by Gasteiger charge is -2.33. The lowest BCUT2D eigenvalue weighted by molar-refractivity contribution is 0.00107. The summed E-state index contributed by atoms with van der Waals surface area (Å²) in [5.41, 5.74) is -0.396. The number of ether oxygens (including phenoxy) is 1. The Bertz CT molecular complexity index is 938. The quantitative estimate of drug-likeness (QED) is 0.657. The second-order valence-corrected chi connectivity index (χ2v) is 9.04. The van der Waals surface area contributed by atoms with Crippen molar-refractivity contribution < 1.29 is 14.2 Å². The fourth-order valence-electron chi connectivity index (χ4n) is 3.81. The summed E-state index contributed by atoms with van der Waals surface area (Å²) in [6, 6.07) is 2.16. The molecule has 0 radical (unpaired) electrons. The molecule has 0 saturated heterocycles. The summed E-state index contributed by atoms with van der Waals surface area (Å²) < 4.78 is 19.3. The first-order valence-electron chi connectivity index (χ1n) is 10.5. The van der Waals surface area contributed by atoms with Crippen LogP contribution in [0.3, 0.4) is 0 Å². The minimum atomic E-state index is -1.48. The van der Waals surface area contributed by atoms with E-state index in [0.717, 1.165) is 19.3 Å². The number of hydrogen-bond acceptors (Lipinski definition) is 8. The number of aromatic nitrogens is 4. The fraction of sp³-hybridized carbons (Fsp3) is 0.591. The van der Waals surface area contributed by atoms with Crippen LogP contribution in [-0.4, -0.2) is 42.9 Å². The lowest BCUT2D eigenvalue weighted by Crippen LogP contribution is -2.32. The molecule has 1 aliphatic carbocycles. The largest absolute Gasteiger partial charge is 0.474 e. The van der Waals surface area contributed by atoms with Gasteiger partial charge in [0.05, 0.1) is 28.6 Å². The topological polar surface area (TPSA) is 117 Å². The maximum absolute atomic E-state index is 13.8. The average molecular weight is 429 g/mol. The molecule has 0 unspecified atom stereocenters. The van der Waals surface area contributed by atoms with Crippen LogP contribution in [0.4, 0.5) is 10.3 Å². The molecule has 166 valence electrons. The van der Waals surface area contributed by atoms with E-state index in [4.69, 9.17) is 4.74 Å². The zero-order valence-electron chi connectivity index (χ0n) is 18.2. The van der Waals surface area contributed by atoms with Crippen molar-refractivity contribution in [2.45, 2.75) is 70.7 Å². The molecular weight excluding hydrogens is 399 g/mol. The van der Waals surface area contributed by atoms with Gasteiger partial charge in [-0.1, -0.05) is 6.42 Å². The Labute approximate surface area is 181 Å². The van der Waals surface area contributed by atoms with Crippen molar-refractivity contribution in [3.63, 3.8) is 0 Å². The Balaban J connectivity index is 1.69. The molecule has 1 aliphatic rings. The third-order valence-electron chi connectivity index (χ3n) is 5.26. The van der Waals surface area contributed by atoms with Crippen LogP contribution in [0.1, 0.15) is 63.3 Å². The van der Waals surface area contributed by atoms with Crippen molar-refractivity contribution >= 4 is 5.95 Å². The third kappa shape index (κ3) is 6.82. The fourth-order valence-corrected chi connectivity index (χ4v) is 3.81. The molecule has 2 aromatic heterocycles. The van der Waals surface area contributed by atoms with Gasteiger partial charge in [-0.15, -0.1) is 0 Å². The first-order valence-corrected chi connectivity index (χ1v) is 10.5. The molecule has 0 bridgehead atoms. The number of aliphatic hydroxyl groups is 1. The molecule has 9 heteroatoms. The van der Waals surface area contributed by atoms with Crippen molar-refractivity contribution in [3.8, 4) is 11.9 Å². The van der Waals surface area contributed by atoms with Crippen molar-refractivity contribution in [2.24, 2.45) is 5.92 Å². The molecule has 2 heterocycles. The third-order valence-corrected chi connectivity index (χ3v) is 5.26. The molecule has 0 spiro atoms. The Hall–Kier alpha value is -2.86. The van der Waals surface area contributed by atoms with Crippen LogP contribution in [0, 0.1) is 17.2 Å². The first-order chi connectivity index (χ1) is 14.6. The van der Waals surface area contributed by atoms with E-state index in [1.165, 1.54) is 26.4 Å². The average Bonchev–Trinajstić information content (AvgIpc) is 2.70. The van der Waals surface area contributed by atoms with Crippen LogP contribution >= 0.6 is 0 Å². The Kier molecular flexibility index (Phi) is 7.01. The van der Waals surface area contributed by atoms with Gasteiger partial charge in [0.1, 0.15) is 24.7 Å². The molecule has 0 aliphatic heterocycles. The van der Waals surface area contributed by atoms with E-state index in [-0.39, 0.29) is 19.1 Å². The first kappa shape index (κ1) is 22.8. The second-order valence-electron chi connectivity index (χ2n) is 9.04. The van der Waals surface area contributed by atoms with Gasteiger partial charge in [-0.25, -0.2) is 24.3 Å². The van der Waals surface area contributed by atoms with Gasteiger partial charge in [0, 0.05) is 12.7 Å². The number of rotatable bonds is 8. The summed E-state index contributed by atoms with van der Waals surface area (Å²) in [5.74, 6) is 0.939. The molecule has 2 atom stereocenters. The van der Waals surface area contributed by atoms with E-state index in [1.54, 1.807) is 6.20 Å². The smallest absolute Gasteiger partial charge is 0.223 e. The second kappa shape index (κ2) is 9.52. The van der Waals surface area contributed by atoms with Gasteiger partial charge < -0.3 is 15.2 Å². The highest BCUT2D eigenvalue weighted by Gasteiger charge is 2.30. The summed E-state index contributed by atoms with van der Waals surface area (Å²) in [5, 5.41) is 22.9. The molecule has 0 amide bonds. The van der Waals surface area contributed by atoms with Gasteiger partial charge in [0.25, 0.3) is 0 Å². The van der Waals surface area contributed by atoms with Crippen LogP contribution in [0.5, 0.6) is 5.88 Å². The number of alkyl halides is 1. The van der Waals surface area contributed by atoms with Gasteiger partial charge in [0.2, 0.25) is 11.8 Å². The number of halogens is 1. The zero-order valence-corrected chi connectivity index (χ0v) is 18.2. The standard InChI is InChI=1S/C22H29FN6O2/c1-21(2,23)13-31-19-17(10-25-14-28-19)12-27-20-26-11-16(9-24)18(29-20)7-15-5-4-6-22(3,30)8-15/h10-11,14-15,30H,4-8,12-13H2,1-3H3,(H,26,27,29)/t15-,22+/m1/s1. The molecule has 2 N–H and O–H groups in total. The van der Waals surface area contributed by atoms with E-state index in [1.807, 2.05) is 6.92 Å². The van der Waals surface area contributed by atoms with E-state index >= 15 is 0 Å². The number of nitriles is 1. The van der Waals surface area contributed by atoms with Gasteiger partial charge in [-0.3, -0.25) is 0 Å². The number of nitrogens with zero attached hydrogens (tertiary/aromatic N) is 5. The molecule has 8 nitrogen and oxygen atoms in total. The highest BCUT2D eigenvalue weighted by atomic mass is 19.1. The predicted molar refractivity (Wildman–Crippen MR) is 113 cm³/mol. The maximum Gasteiger partial charge on any atom is 0.223 e. The summed E-state index contributed by atoms with van der Waals surface area (Å²) in [6.07, 6.45) is 8.52. The molecule has 1 fully saturated rings. The zero-order chi connectivity index (χ0) is 22.5. The predicted octanol–water partition coefficient (Wildman–Crippen LogP) is 3.36. The molecular formula is C22H29FN6O2. The highest BCUT2D eigenvalue weighted by Crippen LogP contribution is 2.34. The normalized spacial score (nSPS) is 21.4. The molecule has 31 heavy (non-hydrogen) atoms. The lowest BCUT2D eigenvalue weighted by atomic mass is 9.77. The Morgan fingerprint density at radius 3 is 2.90 bits per heavy atom. The SMILES string of the molecule is CC(C)(F)COc1ncncc1CNc1ncc(C#N)c(C[C@H]2CCC[C@](C)(O)C2)n1. The van der Waals surface area contributed by atoms with Crippen molar-refractivity contribution in [1.82, 2.24) is 19.9 Å². The molecule has 1 saturated carbocycles. The van der Waals surface area contributed by atoms with Gasteiger partial charge in [-0.05, 0) is 52.4 Å². The minimum absolute atomic E-state index is 0.125. The molecule has 0 aromatic carbocycles. The van der Waals surface area contributed by atoms with Crippen molar-refractivity contribution in [3.05, 3.63) is 35.5 Å². The van der Waals surface area contributed by atoms with Crippen LogP contribution < -0.4 is 10.1 Å². The van der Waals surface area contributed by atoms with Crippen LogP contribution in [0.15, 0.2) is 18.7 Å². The Morgan fingerprint density at radius 2 is 2.19 bits per heavy atom. The number of nitrogens with one attached hydrogen (secondary N) is 1. The molecule has 3 rings (SSSR count). The molecule has 2 aromatic rings. The van der Waals surface area contributed by atoms with E-state index in [2.05, 4.69) is 31.3 Å². The minimum Gasteiger partial charge on any atom is -0.474 e. The van der Waals surface area contributed by atoms with Gasteiger partial charge in [0.15, 0.2) is 0 Å². The summed E-state index contributed by atoms with van der Waals surface area (Å²) in [4.78, 5) is 16.9. The number of anilines is 1. The van der Waals surface area contributed by atoms with Crippen LogP contribution in [0.25, 0.3) is 0 Å². The highest BCUT2D eigenvalue weighted by molar-refractivity contribution is 5.38. The maximum atomic E-state index is 13.8. The van der Waals surface area contributed by atoms with Gasteiger partial charge in [-0.2, -0.15) is 5.26 Å². The summed E-state index contributed by atoms with van der Waals surface area (Å²) >= 11 is 0. The van der Waals surface area contributed by atoms with Crippen molar-refractivity contribution in [2.75, 3.05) is 11.9 Å². The van der Waals surface area contributed by atoms with Crippen LogP contribution in [0.2, 0.25) is 0 Å². The van der Waals surface area contributed by atoms with E-state index in [9.17, 15) is 14.8 Å². The van der Waals surface area contributed by atoms with E-state index in [0.29, 0.717) is 41.5 Å².